The Labute approximate surface area is 226 Å². The van der Waals surface area contributed by atoms with Crippen LogP contribution in [-0.4, -0.2) is 88.5 Å². The maximum atomic E-state index is 6.08. The van der Waals surface area contributed by atoms with E-state index < -0.39 is 0 Å². The van der Waals surface area contributed by atoms with Gasteiger partial charge in [-0.2, -0.15) is 0 Å². The average Bonchev–Trinajstić information content (AvgIpc) is 3.46. The van der Waals surface area contributed by atoms with Gasteiger partial charge in [0, 0.05) is 42.3 Å². The summed E-state index contributed by atoms with van der Waals surface area (Å²) < 4.78 is 2.16. The molecule has 2 atom stereocenters. The molecule has 2 aromatic rings. The molecule has 4 rings (SSSR count). The van der Waals surface area contributed by atoms with Gasteiger partial charge in [-0.25, -0.2) is 0 Å². The average molecular weight is 509 g/mol. The maximum Gasteiger partial charge on any atom is 0.0989 e. The third kappa shape index (κ3) is 6.91. The maximum absolute atomic E-state index is 6.08. The molecule has 0 amide bonds. The summed E-state index contributed by atoms with van der Waals surface area (Å²) in [6.07, 6.45) is 6.39. The molecule has 0 aromatic heterocycles. The molecule has 2 aliphatic heterocycles. The first kappa shape index (κ1) is 27.6. The lowest BCUT2D eigenvalue weighted by atomic mass is 10.1. The summed E-state index contributed by atoms with van der Waals surface area (Å²) in [6, 6.07) is 14.3. The predicted octanol–water partition coefficient (Wildman–Crippen LogP) is 4.65. The second-order valence-electron chi connectivity index (χ2n) is 13.1. The van der Waals surface area contributed by atoms with E-state index in [4.69, 9.17) is 11.5 Å². The van der Waals surface area contributed by atoms with Crippen molar-refractivity contribution in [1.82, 2.24) is 0 Å². The van der Waals surface area contributed by atoms with Crippen LogP contribution in [0.15, 0.2) is 36.4 Å². The Balaban J connectivity index is 1.29. The molecule has 4 N–H and O–H groups in total. The van der Waals surface area contributed by atoms with E-state index in [1.807, 2.05) is 0 Å². The summed E-state index contributed by atoms with van der Waals surface area (Å²) in [5.74, 6) is 0. The Morgan fingerprint density at radius 2 is 1.11 bits per heavy atom. The number of benzene rings is 2. The molecule has 0 bridgehead atoms. The number of quaternary nitrogens is 2. The van der Waals surface area contributed by atoms with Crippen molar-refractivity contribution < 1.29 is 8.97 Å². The van der Waals surface area contributed by atoms with Gasteiger partial charge in [0.25, 0.3) is 0 Å². The minimum Gasteiger partial charge on any atom is -0.399 e. The summed E-state index contributed by atoms with van der Waals surface area (Å²) in [4.78, 5) is 5.25. The highest BCUT2D eigenvalue weighted by Gasteiger charge is 2.34. The van der Waals surface area contributed by atoms with E-state index in [9.17, 15) is 0 Å². The SMILES string of the molecule is Cc1cc(N2CCCC2C[N+](C)(C)CCC[N+](C)(C)CC2CCCN2c2ccc(N)c(C)c2)ccc1N. The van der Waals surface area contributed by atoms with Gasteiger partial charge in [-0.05, 0) is 87.1 Å². The van der Waals surface area contributed by atoms with Crippen molar-refractivity contribution in [2.45, 2.75) is 58.0 Å². The molecular formula is C31H52N6+2. The molecule has 6 nitrogen and oxygen atoms in total. The summed E-state index contributed by atoms with van der Waals surface area (Å²) in [7, 11) is 9.69. The van der Waals surface area contributed by atoms with Crippen LogP contribution in [0.25, 0.3) is 0 Å². The number of nitrogens with zero attached hydrogens (tertiary/aromatic N) is 4. The number of anilines is 4. The topological polar surface area (TPSA) is 58.5 Å². The molecule has 204 valence electrons. The largest absolute Gasteiger partial charge is 0.399 e. The molecule has 2 fully saturated rings. The second kappa shape index (κ2) is 11.1. The number of rotatable bonds is 10. The zero-order valence-electron chi connectivity index (χ0n) is 24.3. The van der Waals surface area contributed by atoms with Gasteiger partial charge in [0.05, 0.1) is 66.5 Å². The normalized spacial score (nSPS) is 20.7. The smallest absolute Gasteiger partial charge is 0.0989 e. The van der Waals surface area contributed by atoms with Gasteiger partial charge in [-0.3, -0.25) is 0 Å². The Hall–Kier alpha value is -2.44. The first-order valence-electron chi connectivity index (χ1n) is 14.3. The summed E-state index contributed by atoms with van der Waals surface area (Å²) in [5, 5.41) is 0. The molecule has 0 radical (unpaired) electrons. The van der Waals surface area contributed by atoms with E-state index in [-0.39, 0.29) is 0 Å². The monoisotopic (exact) mass is 508 g/mol. The van der Waals surface area contributed by atoms with Crippen molar-refractivity contribution in [1.29, 1.82) is 0 Å². The molecule has 0 aliphatic carbocycles. The highest BCUT2D eigenvalue weighted by molar-refractivity contribution is 5.60. The van der Waals surface area contributed by atoms with Crippen LogP contribution in [0.5, 0.6) is 0 Å². The van der Waals surface area contributed by atoms with E-state index in [2.05, 4.69) is 88.2 Å². The minimum absolute atomic E-state index is 0.607. The van der Waals surface area contributed by atoms with E-state index in [0.29, 0.717) is 12.1 Å². The van der Waals surface area contributed by atoms with E-state index in [1.165, 1.54) is 80.8 Å². The van der Waals surface area contributed by atoms with Crippen LogP contribution in [0.2, 0.25) is 0 Å². The number of likely N-dealkylation sites (N-methyl/N-ethyl adjacent to an activating group) is 2. The molecule has 2 unspecified atom stereocenters. The molecule has 2 aliphatic rings. The van der Waals surface area contributed by atoms with Gasteiger partial charge < -0.3 is 30.2 Å². The van der Waals surface area contributed by atoms with Gasteiger partial charge in [0.15, 0.2) is 0 Å². The Bertz CT molecular complexity index is 978. The lowest BCUT2D eigenvalue weighted by Gasteiger charge is -2.39. The Kier molecular flexibility index (Phi) is 8.29. The van der Waals surface area contributed by atoms with Crippen molar-refractivity contribution in [2.24, 2.45) is 0 Å². The highest BCUT2D eigenvalue weighted by atomic mass is 15.4. The number of hydrogen-bond donors (Lipinski definition) is 2. The lowest BCUT2D eigenvalue weighted by Crippen LogP contribution is -2.53. The molecular weight excluding hydrogens is 456 g/mol. The number of nitrogen functional groups attached to an aromatic ring is 2. The zero-order chi connectivity index (χ0) is 26.8. The van der Waals surface area contributed by atoms with Crippen LogP contribution < -0.4 is 21.3 Å². The van der Waals surface area contributed by atoms with E-state index >= 15 is 0 Å². The minimum atomic E-state index is 0.607. The molecule has 0 saturated carbocycles. The van der Waals surface area contributed by atoms with Crippen molar-refractivity contribution >= 4 is 22.7 Å². The Morgan fingerprint density at radius 3 is 1.49 bits per heavy atom. The summed E-state index contributed by atoms with van der Waals surface area (Å²) >= 11 is 0. The van der Waals surface area contributed by atoms with Gasteiger partial charge in [-0.15, -0.1) is 0 Å². The second-order valence-corrected chi connectivity index (χ2v) is 13.1. The summed E-state index contributed by atoms with van der Waals surface area (Å²) in [5.41, 5.74) is 19.0. The van der Waals surface area contributed by atoms with Gasteiger partial charge in [-0.1, -0.05) is 0 Å². The number of hydrogen-bond acceptors (Lipinski definition) is 4. The standard InChI is InChI=1S/C31H52N6/c1-24-20-26(12-14-30(24)32)34-16-7-10-28(34)22-36(3,4)18-9-19-37(5,6)23-29-11-8-17-35(29)27-13-15-31(33)25(2)21-27/h12-15,20-21,28-29H,7-11,16-19,22-23,32-33H2,1-6H3/q+2. The molecule has 6 heteroatoms. The predicted molar refractivity (Wildman–Crippen MR) is 160 cm³/mol. The first-order valence-corrected chi connectivity index (χ1v) is 14.3. The highest BCUT2D eigenvalue weighted by Crippen LogP contribution is 2.31. The third-order valence-corrected chi connectivity index (χ3v) is 8.86. The van der Waals surface area contributed by atoms with Crippen LogP contribution in [0.4, 0.5) is 22.7 Å². The third-order valence-electron chi connectivity index (χ3n) is 8.86. The van der Waals surface area contributed by atoms with Crippen molar-refractivity contribution in [3.63, 3.8) is 0 Å². The zero-order valence-corrected chi connectivity index (χ0v) is 24.3. The van der Waals surface area contributed by atoms with Crippen LogP contribution in [0, 0.1) is 13.8 Å². The van der Waals surface area contributed by atoms with Crippen LogP contribution >= 0.6 is 0 Å². The van der Waals surface area contributed by atoms with Crippen molar-refractivity contribution in [3.05, 3.63) is 47.5 Å². The van der Waals surface area contributed by atoms with Crippen LogP contribution in [0.3, 0.4) is 0 Å². The van der Waals surface area contributed by atoms with E-state index in [0.717, 1.165) is 33.4 Å². The molecule has 2 heterocycles. The quantitative estimate of drug-likeness (QED) is 0.362. The molecule has 2 saturated heterocycles. The number of nitrogens with two attached hydrogens (primary N) is 2. The number of aryl methyl sites for hydroxylation is 2. The van der Waals surface area contributed by atoms with Crippen LogP contribution in [0.1, 0.15) is 43.2 Å². The molecule has 37 heavy (non-hydrogen) atoms. The Morgan fingerprint density at radius 1 is 0.703 bits per heavy atom. The van der Waals surface area contributed by atoms with Gasteiger partial charge in [0.2, 0.25) is 0 Å². The van der Waals surface area contributed by atoms with Crippen LogP contribution in [-0.2, 0) is 0 Å². The first-order chi connectivity index (χ1) is 17.4. The fourth-order valence-electron chi connectivity index (χ4n) is 6.66. The van der Waals surface area contributed by atoms with Gasteiger partial charge in [0.1, 0.15) is 0 Å². The lowest BCUT2D eigenvalue weighted by molar-refractivity contribution is -0.910. The molecule has 2 aromatic carbocycles. The fourth-order valence-corrected chi connectivity index (χ4v) is 6.66. The van der Waals surface area contributed by atoms with Crippen molar-refractivity contribution in [3.8, 4) is 0 Å². The van der Waals surface area contributed by atoms with Gasteiger partial charge >= 0.3 is 0 Å². The summed E-state index contributed by atoms with van der Waals surface area (Å²) in [6.45, 7) is 11.4. The van der Waals surface area contributed by atoms with Crippen molar-refractivity contribution in [2.75, 3.05) is 88.7 Å². The fraction of sp³-hybridized carbons (Fsp3) is 0.613. The van der Waals surface area contributed by atoms with E-state index in [1.54, 1.807) is 0 Å². The molecule has 0 spiro atoms.